The van der Waals surface area contributed by atoms with E-state index in [2.05, 4.69) is 9.88 Å². The molecule has 152 valence electrons. The molecule has 0 radical (unpaired) electrons. The van der Waals surface area contributed by atoms with Crippen molar-refractivity contribution in [3.8, 4) is 0 Å². The Hall–Kier alpha value is -2.48. The van der Waals surface area contributed by atoms with Crippen LogP contribution in [0.15, 0.2) is 29.1 Å². The Morgan fingerprint density at radius 1 is 1.32 bits per heavy atom. The van der Waals surface area contributed by atoms with E-state index >= 15 is 0 Å². The molecule has 2 heterocycles. The largest absolute Gasteiger partial charge is 0.458 e. The van der Waals surface area contributed by atoms with Gasteiger partial charge in [-0.15, -0.1) is 0 Å². The van der Waals surface area contributed by atoms with Crippen LogP contribution in [-0.2, 0) is 9.53 Å². The van der Waals surface area contributed by atoms with Crippen molar-refractivity contribution in [2.45, 2.75) is 44.7 Å². The van der Waals surface area contributed by atoms with E-state index in [9.17, 15) is 14.0 Å². The van der Waals surface area contributed by atoms with Crippen LogP contribution in [0.25, 0.3) is 11.0 Å². The number of hydrogen-bond acceptors (Lipinski definition) is 5. The molecule has 28 heavy (non-hydrogen) atoms. The van der Waals surface area contributed by atoms with Gasteiger partial charge in [0.1, 0.15) is 19.0 Å². The Labute approximate surface area is 163 Å². The van der Waals surface area contributed by atoms with Crippen molar-refractivity contribution in [1.29, 1.82) is 5.41 Å². The summed E-state index contributed by atoms with van der Waals surface area (Å²) >= 11 is 0. The summed E-state index contributed by atoms with van der Waals surface area (Å²) in [5.74, 6) is -0.758. The van der Waals surface area contributed by atoms with E-state index in [0.717, 1.165) is 37.0 Å². The molecular weight excluding hydrogens is 363 g/mol. The molecule has 1 saturated heterocycles. The van der Waals surface area contributed by atoms with Crippen LogP contribution >= 0.6 is 0 Å². The standard InChI is InChI=1S/C20H27FN4O3/c1-20(2,13-15(22)18(26)28-12-9-21)24-10-7-14(8-11-24)25-17-6-4-3-5-16(17)23-19(25)27/h3-6,14,22H,7-13H2,1-2H3,(H,23,27). The molecule has 8 heteroatoms. The Kier molecular flexibility index (Phi) is 5.98. The van der Waals surface area contributed by atoms with Crippen LogP contribution in [0.2, 0.25) is 0 Å². The SMILES string of the molecule is CC(C)(CC(=N)C(=O)OCCF)N1CCC(n2c(=O)[nH]c3ccccc32)CC1. The predicted octanol–water partition coefficient (Wildman–Crippen LogP) is 2.67. The fourth-order valence-electron chi connectivity index (χ4n) is 4.00. The molecular formula is C20H27FN4O3. The molecule has 0 aliphatic carbocycles. The monoisotopic (exact) mass is 390 g/mol. The number of rotatable bonds is 7. The number of aromatic nitrogens is 2. The Balaban J connectivity index is 1.64. The van der Waals surface area contributed by atoms with Crippen molar-refractivity contribution in [2.75, 3.05) is 26.4 Å². The van der Waals surface area contributed by atoms with Gasteiger partial charge in [-0.25, -0.2) is 14.0 Å². The van der Waals surface area contributed by atoms with Crippen LogP contribution in [0, 0.1) is 5.41 Å². The van der Waals surface area contributed by atoms with Gasteiger partial charge in [-0.1, -0.05) is 12.1 Å². The van der Waals surface area contributed by atoms with Gasteiger partial charge in [-0.2, -0.15) is 0 Å². The second-order valence-corrected chi connectivity index (χ2v) is 7.83. The lowest BCUT2D eigenvalue weighted by molar-refractivity contribution is -0.136. The normalized spacial score (nSPS) is 16.4. The number of ether oxygens (including phenoxy) is 1. The number of hydrogen-bond donors (Lipinski definition) is 2. The Morgan fingerprint density at radius 2 is 2.00 bits per heavy atom. The van der Waals surface area contributed by atoms with Crippen LogP contribution in [0.5, 0.6) is 0 Å². The van der Waals surface area contributed by atoms with Gasteiger partial charge in [0.2, 0.25) is 0 Å². The summed E-state index contributed by atoms with van der Waals surface area (Å²) in [5, 5.41) is 7.95. The van der Waals surface area contributed by atoms with Gasteiger partial charge in [0, 0.05) is 31.1 Å². The molecule has 0 saturated carbocycles. The van der Waals surface area contributed by atoms with Crippen molar-refractivity contribution < 1.29 is 13.9 Å². The number of fused-ring (bicyclic) bond motifs is 1. The molecule has 1 fully saturated rings. The molecule has 1 aromatic carbocycles. The minimum Gasteiger partial charge on any atom is -0.458 e. The summed E-state index contributed by atoms with van der Waals surface area (Å²) in [5.41, 5.74) is 1.13. The van der Waals surface area contributed by atoms with Crippen LogP contribution in [-0.4, -0.2) is 58.0 Å². The van der Waals surface area contributed by atoms with Crippen molar-refractivity contribution >= 4 is 22.7 Å². The third kappa shape index (κ3) is 4.16. The molecule has 2 N–H and O–H groups in total. The first-order valence-corrected chi connectivity index (χ1v) is 9.58. The van der Waals surface area contributed by atoms with Gasteiger partial charge in [0.05, 0.1) is 11.0 Å². The maximum absolute atomic E-state index is 12.4. The number of nitrogens with one attached hydrogen (secondary N) is 2. The average Bonchev–Trinajstić information content (AvgIpc) is 3.01. The van der Waals surface area contributed by atoms with Crippen LogP contribution in [0.4, 0.5) is 4.39 Å². The number of halogens is 1. The fourth-order valence-corrected chi connectivity index (χ4v) is 4.00. The molecule has 1 aliphatic heterocycles. The summed E-state index contributed by atoms with van der Waals surface area (Å²) in [4.78, 5) is 29.3. The van der Waals surface area contributed by atoms with Crippen molar-refractivity contribution in [1.82, 2.24) is 14.5 Å². The minimum absolute atomic E-state index is 0.0868. The van der Waals surface area contributed by atoms with E-state index in [1.165, 1.54) is 0 Å². The highest BCUT2D eigenvalue weighted by atomic mass is 19.1. The number of piperidine rings is 1. The molecule has 3 rings (SSSR count). The first kappa shape index (κ1) is 20.3. The summed E-state index contributed by atoms with van der Waals surface area (Å²) < 4.78 is 18.7. The van der Waals surface area contributed by atoms with Crippen molar-refractivity contribution in [2.24, 2.45) is 0 Å². The zero-order valence-electron chi connectivity index (χ0n) is 16.3. The van der Waals surface area contributed by atoms with Crippen molar-refractivity contribution in [3.05, 3.63) is 34.7 Å². The van der Waals surface area contributed by atoms with Crippen LogP contribution < -0.4 is 5.69 Å². The molecule has 1 aliphatic rings. The third-order valence-corrected chi connectivity index (χ3v) is 5.48. The second-order valence-electron chi connectivity index (χ2n) is 7.83. The zero-order chi connectivity index (χ0) is 20.3. The summed E-state index contributed by atoms with van der Waals surface area (Å²) in [7, 11) is 0. The quantitative estimate of drug-likeness (QED) is 0.562. The maximum Gasteiger partial charge on any atom is 0.352 e. The molecule has 0 amide bonds. The number of carbonyl (C=O) groups excluding carboxylic acids is 1. The lowest BCUT2D eigenvalue weighted by Gasteiger charge is -2.43. The second kappa shape index (κ2) is 8.26. The molecule has 0 spiro atoms. The summed E-state index contributed by atoms with van der Waals surface area (Å²) in [6, 6.07) is 7.80. The van der Waals surface area contributed by atoms with E-state index in [0.29, 0.717) is 0 Å². The number of imidazole rings is 1. The fraction of sp³-hybridized carbons (Fsp3) is 0.550. The van der Waals surface area contributed by atoms with E-state index in [4.69, 9.17) is 10.1 Å². The Bertz CT molecular complexity index is 910. The highest BCUT2D eigenvalue weighted by Crippen LogP contribution is 2.30. The summed E-state index contributed by atoms with van der Waals surface area (Å²) in [6.07, 6.45) is 1.85. The lowest BCUT2D eigenvalue weighted by atomic mass is 9.91. The number of alkyl halides is 1. The number of nitrogens with zero attached hydrogens (tertiary/aromatic N) is 2. The number of para-hydroxylation sites is 2. The number of benzene rings is 1. The van der Waals surface area contributed by atoms with E-state index < -0.39 is 18.2 Å². The van der Waals surface area contributed by atoms with E-state index in [1.54, 1.807) is 0 Å². The van der Waals surface area contributed by atoms with Gasteiger partial charge < -0.3 is 9.72 Å². The third-order valence-electron chi connectivity index (χ3n) is 5.48. The maximum atomic E-state index is 12.4. The molecule has 2 aromatic rings. The molecule has 1 aromatic heterocycles. The molecule has 0 unspecified atom stereocenters. The van der Waals surface area contributed by atoms with E-state index in [1.807, 2.05) is 42.7 Å². The lowest BCUT2D eigenvalue weighted by Crippen LogP contribution is -2.50. The number of H-pyrrole nitrogens is 1. The molecule has 0 bridgehead atoms. The first-order valence-electron chi connectivity index (χ1n) is 9.58. The van der Waals surface area contributed by atoms with Gasteiger partial charge in [0.25, 0.3) is 0 Å². The topological polar surface area (TPSA) is 91.2 Å². The van der Waals surface area contributed by atoms with Crippen molar-refractivity contribution in [3.63, 3.8) is 0 Å². The van der Waals surface area contributed by atoms with Crippen LogP contribution in [0.3, 0.4) is 0 Å². The molecule has 0 atom stereocenters. The number of esters is 1. The highest BCUT2D eigenvalue weighted by molar-refractivity contribution is 6.35. The van der Waals surface area contributed by atoms with Gasteiger partial charge in [-0.05, 0) is 38.8 Å². The number of likely N-dealkylation sites (tertiary alicyclic amines) is 1. The number of aromatic amines is 1. The number of carbonyl (C=O) groups is 1. The minimum atomic E-state index is -0.758. The van der Waals surface area contributed by atoms with Gasteiger partial charge in [0.15, 0.2) is 0 Å². The van der Waals surface area contributed by atoms with Gasteiger partial charge >= 0.3 is 11.7 Å². The zero-order valence-corrected chi connectivity index (χ0v) is 16.3. The van der Waals surface area contributed by atoms with Crippen LogP contribution in [0.1, 0.15) is 39.2 Å². The smallest absolute Gasteiger partial charge is 0.352 e. The first-order chi connectivity index (χ1) is 13.3. The molecule has 7 nitrogen and oxygen atoms in total. The average molecular weight is 390 g/mol. The Morgan fingerprint density at radius 3 is 2.68 bits per heavy atom. The predicted molar refractivity (Wildman–Crippen MR) is 106 cm³/mol. The van der Waals surface area contributed by atoms with E-state index in [-0.39, 0.29) is 30.5 Å². The highest BCUT2D eigenvalue weighted by Gasteiger charge is 2.34. The summed E-state index contributed by atoms with van der Waals surface area (Å²) in [6.45, 7) is 4.44. The van der Waals surface area contributed by atoms with Gasteiger partial charge in [-0.3, -0.25) is 14.9 Å².